The Balaban J connectivity index is 1.99. The molecule has 2 rings (SSSR count). The summed E-state index contributed by atoms with van der Waals surface area (Å²) in [5.41, 5.74) is -0.226. The minimum atomic E-state index is -0.920. The zero-order chi connectivity index (χ0) is 17.7. The van der Waals surface area contributed by atoms with E-state index in [2.05, 4.69) is 13.8 Å². The van der Waals surface area contributed by atoms with Crippen LogP contribution >= 0.6 is 0 Å². The molecule has 1 unspecified atom stereocenters. The number of ether oxygens (including phenoxy) is 1. The van der Waals surface area contributed by atoms with Crippen LogP contribution in [0.2, 0.25) is 0 Å². The highest BCUT2D eigenvalue weighted by Gasteiger charge is 2.36. The first-order valence-corrected chi connectivity index (χ1v) is 8.32. The van der Waals surface area contributed by atoms with E-state index in [4.69, 9.17) is 4.74 Å². The van der Waals surface area contributed by atoms with Gasteiger partial charge in [-0.3, -0.25) is 4.79 Å². The quantitative estimate of drug-likeness (QED) is 0.588. The number of carbonyl (C=O) groups excluding carboxylic acids is 2. The van der Waals surface area contributed by atoms with Crippen molar-refractivity contribution in [2.75, 3.05) is 13.2 Å². The van der Waals surface area contributed by atoms with E-state index < -0.39 is 29.6 Å². The summed E-state index contributed by atoms with van der Waals surface area (Å²) in [6, 6.07) is 2.12. The molecule has 1 aliphatic heterocycles. The lowest BCUT2D eigenvalue weighted by molar-refractivity contribution is -0.148. The highest BCUT2D eigenvalue weighted by atomic mass is 19.1. The predicted octanol–water partition coefficient (Wildman–Crippen LogP) is 3.55. The largest absolute Gasteiger partial charge is 0.464 e. The van der Waals surface area contributed by atoms with Gasteiger partial charge in [-0.25, -0.2) is 13.6 Å². The van der Waals surface area contributed by atoms with Gasteiger partial charge in [0.25, 0.3) is 5.91 Å². The maximum atomic E-state index is 13.8. The van der Waals surface area contributed by atoms with Gasteiger partial charge in [0.2, 0.25) is 0 Å². The molecule has 0 N–H and O–H groups in total. The van der Waals surface area contributed by atoms with E-state index >= 15 is 0 Å². The van der Waals surface area contributed by atoms with Crippen molar-refractivity contribution in [1.82, 2.24) is 4.90 Å². The van der Waals surface area contributed by atoms with Crippen LogP contribution in [0, 0.1) is 17.6 Å². The van der Waals surface area contributed by atoms with E-state index in [1.54, 1.807) is 0 Å². The zero-order valence-electron chi connectivity index (χ0n) is 14.1. The van der Waals surface area contributed by atoms with Crippen molar-refractivity contribution in [3.8, 4) is 0 Å². The molecule has 1 heterocycles. The minimum absolute atomic E-state index is 0.226. The average Bonchev–Trinajstić information content (AvgIpc) is 3.00. The third-order valence-corrected chi connectivity index (χ3v) is 4.12. The van der Waals surface area contributed by atoms with E-state index in [0.29, 0.717) is 38.0 Å². The van der Waals surface area contributed by atoms with Gasteiger partial charge >= 0.3 is 5.97 Å². The summed E-state index contributed by atoms with van der Waals surface area (Å²) >= 11 is 0. The van der Waals surface area contributed by atoms with Gasteiger partial charge in [0, 0.05) is 12.6 Å². The Labute approximate surface area is 140 Å². The van der Waals surface area contributed by atoms with Crippen LogP contribution in [0.15, 0.2) is 18.2 Å². The second kappa shape index (κ2) is 8.22. The summed E-state index contributed by atoms with van der Waals surface area (Å²) < 4.78 is 32.0. The maximum absolute atomic E-state index is 13.8. The van der Waals surface area contributed by atoms with Crippen LogP contribution in [0.3, 0.4) is 0 Å². The van der Waals surface area contributed by atoms with Gasteiger partial charge in [0.1, 0.15) is 17.7 Å². The molecule has 1 amide bonds. The van der Waals surface area contributed by atoms with Crippen molar-refractivity contribution < 1.29 is 23.1 Å². The molecule has 1 fully saturated rings. The lowest BCUT2D eigenvalue weighted by Gasteiger charge is -2.23. The lowest BCUT2D eigenvalue weighted by Crippen LogP contribution is -2.41. The molecule has 1 aromatic carbocycles. The van der Waals surface area contributed by atoms with E-state index in [1.165, 1.54) is 4.90 Å². The second-order valence-electron chi connectivity index (χ2n) is 6.48. The van der Waals surface area contributed by atoms with Crippen LogP contribution in [0.4, 0.5) is 8.78 Å². The molecule has 0 aromatic heterocycles. The molecule has 0 saturated carbocycles. The summed E-state index contributed by atoms with van der Waals surface area (Å²) in [7, 11) is 0. The number of nitrogens with zero attached hydrogens (tertiary/aromatic N) is 1. The molecule has 132 valence electrons. The minimum Gasteiger partial charge on any atom is -0.464 e. The molecule has 1 atom stereocenters. The Morgan fingerprint density at radius 1 is 1.33 bits per heavy atom. The fraction of sp³-hybridized carbons (Fsp3) is 0.556. The number of hydrogen-bond donors (Lipinski definition) is 0. The number of carbonyl (C=O) groups is 2. The Bertz CT molecular complexity index is 604. The summed E-state index contributed by atoms with van der Waals surface area (Å²) in [5.74, 6) is -2.18. The third-order valence-electron chi connectivity index (χ3n) is 4.12. The molecule has 1 aromatic rings. The summed E-state index contributed by atoms with van der Waals surface area (Å²) in [4.78, 5) is 26.0. The molecular weight excluding hydrogens is 316 g/mol. The Hall–Kier alpha value is -1.98. The Morgan fingerprint density at radius 3 is 2.75 bits per heavy atom. The summed E-state index contributed by atoms with van der Waals surface area (Å²) in [5, 5.41) is 0. The van der Waals surface area contributed by atoms with Crippen molar-refractivity contribution >= 4 is 11.9 Å². The first kappa shape index (κ1) is 18.4. The predicted molar refractivity (Wildman–Crippen MR) is 85.4 cm³/mol. The molecule has 0 radical (unpaired) electrons. The first-order valence-electron chi connectivity index (χ1n) is 8.32. The molecule has 0 aliphatic carbocycles. The van der Waals surface area contributed by atoms with Gasteiger partial charge in [-0.05, 0) is 43.7 Å². The first-order chi connectivity index (χ1) is 11.4. The van der Waals surface area contributed by atoms with Crippen molar-refractivity contribution in [1.29, 1.82) is 0 Å². The van der Waals surface area contributed by atoms with E-state index in [9.17, 15) is 18.4 Å². The number of hydrogen-bond acceptors (Lipinski definition) is 3. The van der Waals surface area contributed by atoms with E-state index in [1.807, 2.05) is 0 Å². The van der Waals surface area contributed by atoms with Crippen LogP contribution < -0.4 is 0 Å². The summed E-state index contributed by atoms with van der Waals surface area (Å²) in [6.45, 7) is 4.87. The number of amides is 1. The highest BCUT2D eigenvalue weighted by Crippen LogP contribution is 2.23. The van der Waals surface area contributed by atoms with Crippen LogP contribution in [0.25, 0.3) is 0 Å². The monoisotopic (exact) mass is 339 g/mol. The third kappa shape index (κ3) is 4.52. The smallest absolute Gasteiger partial charge is 0.328 e. The Kier molecular flexibility index (Phi) is 6.29. The highest BCUT2D eigenvalue weighted by molar-refractivity contribution is 5.97. The van der Waals surface area contributed by atoms with Gasteiger partial charge in [-0.2, -0.15) is 0 Å². The van der Waals surface area contributed by atoms with E-state index in [0.717, 1.165) is 25.0 Å². The lowest BCUT2D eigenvalue weighted by atomic mass is 10.1. The van der Waals surface area contributed by atoms with Crippen molar-refractivity contribution in [3.63, 3.8) is 0 Å². The SMILES string of the molecule is CC(C)CCCOC(=O)C1CCCN1C(=O)c1ccc(F)cc1F. The number of benzene rings is 1. The number of likely N-dealkylation sites (tertiary alicyclic amines) is 1. The second-order valence-corrected chi connectivity index (χ2v) is 6.48. The van der Waals surface area contributed by atoms with Gasteiger partial charge in [-0.1, -0.05) is 13.8 Å². The van der Waals surface area contributed by atoms with Gasteiger partial charge in [0.05, 0.1) is 12.2 Å². The van der Waals surface area contributed by atoms with Gasteiger partial charge in [-0.15, -0.1) is 0 Å². The van der Waals surface area contributed by atoms with E-state index in [-0.39, 0.29) is 5.56 Å². The maximum Gasteiger partial charge on any atom is 0.328 e. The zero-order valence-corrected chi connectivity index (χ0v) is 14.1. The standard InChI is InChI=1S/C18H23F2NO3/c1-12(2)5-4-10-24-18(23)16-6-3-9-21(16)17(22)14-8-7-13(19)11-15(14)20/h7-8,11-12,16H,3-6,9-10H2,1-2H3. The van der Waals surface area contributed by atoms with Gasteiger partial charge in [0.15, 0.2) is 0 Å². The van der Waals surface area contributed by atoms with Crippen molar-refractivity contribution in [3.05, 3.63) is 35.4 Å². The summed E-state index contributed by atoms with van der Waals surface area (Å²) in [6.07, 6.45) is 2.88. The van der Waals surface area contributed by atoms with Crippen molar-refractivity contribution in [2.24, 2.45) is 5.92 Å². The topological polar surface area (TPSA) is 46.6 Å². The van der Waals surface area contributed by atoms with Crippen LogP contribution in [-0.4, -0.2) is 36.0 Å². The van der Waals surface area contributed by atoms with Gasteiger partial charge < -0.3 is 9.64 Å². The Morgan fingerprint density at radius 2 is 2.08 bits per heavy atom. The van der Waals surface area contributed by atoms with Crippen LogP contribution in [-0.2, 0) is 9.53 Å². The molecular formula is C18H23F2NO3. The molecule has 1 aliphatic rings. The molecule has 4 nitrogen and oxygen atoms in total. The number of rotatable bonds is 6. The fourth-order valence-corrected chi connectivity index (χ4v) is 2.83. The number of esters is 1. The van der Waals surface area contributed by atoms with Crippen LogP contribution in [0.1, 0.15) is 49.9 Å². The molecule has 0 bridgehead atoms. The average molecular weight is 339 g/mol. The molecule has 1 saturated heterocycles. The number of halogens is 2. The normalized spacial score (nSPS) is 17.4. The van der Waals surface area contributed by atoms with Crippen LogP contribution in [0.5, 0.6) is 0 Å². The van der Waals surface area contributed by atoms with Crippen molar-refractivity contribution in [2.45, 2.75) is 45.6 Å². The molecule has 24 heavy (non-hydrogen) atoms. The molecule has 6 heteroatoms. The fourth-order valence-electron chi connectivity index (χ4n) is 2.83. The molecule has 0 spiro atoms.